The van der Waals surface area contributed by atoms with E-state index < -0.39 is 0 Å². The molecule has 112 valence electrons. The first-order valence-corrected chi connectivity index (χ1v) is 9.12. The van der Waals surface area contributed by atoms with Gasteiger partial charge in [-0.25, -0.2) is 0 Å². The van der Waals surface area contributed by atoms with Crippen LogP contribution >= 0.6 is 11.3 Å². The molecule has 2 atom stereocenters. The summed E-state index contributed by atoms with van der Waals surface area (Å²) >= 11 is 1.91. The highest BCUT2D eigenvalue weighted by Crippen LogP contribution is 2.35. The Labute approximate surface area is 127 Å². The number of rotatable bonds is 4. The lowest BCUT2D eigenvalue weighted by Gasteiger charge is -2.48. The van der Waals surface area contributed by atoms with Crippen molar-refractivity contribution >= 4 is 11.3 Å². The molecule has 20 heavy (non-hydrogen) atoms. The van der Waals surface area contributed by atoms with E-state index in [1.165, 1.54) is 50.1 Å². The Kier molecular flexibility index (Phi) is 4.49. The number of thiophene rings is 1. The Morgan fingerprint density at radius 1 is 1.45 bits per heavy atom. The Bertz CT molecular complexity index is 409. The average Bonchev–Trinajstić information content (AvgIpc) is 3.11. The molecule has 0 aromatic carbocycles. The van der Waals surface area contributed by atoms with Gasteiger partial charge in [0.25, 0.3) is 0 Å². The average molecular weight is 292 g/mol. The zero-order chi connectivity index (χ0) is 14.0. The number of nitrogens with zero attached hydrogens (tertiary/aromatic N) is 1. The Morgan fingerprint density at radius 2 is 2.25 bits per heavy atom. The maximum atomic E-state index is 3.93. The van der Waals surface area contributed by atoms with Crippen molar-refractivity contribution in [1.82, 2.24) is 10.2 Å². The molecule has 2 nitrogen and oxygen atoms in total. The lowest BCUT2D eigenvalue weighted by Crippen LogP contribution is -2.64. The van der Waals surface area contributed by atoms with E-state index in [0.717, 1.165) is 12.5 Å². The van der Waals surface area contributed by atoms with Gasteiger partial charge in [-0.2, -0.15) is 0 Å². The van der Waals surface area contributed by atoms with E-state index in [9.17, 15) is 0 Å². The van der Waals surface area contributed by atoms with Crippen LogP contribution < -0.4 is 5.32 Å². The summed E-state index contributed by atoms with van der Waals surface area (Å²) in [6.07, 6.45) is 6.85. The van der Waals surface area contributed by atoms with Crippen LogP contribution in [0.1, 0.15) is 50.8 Å². The van der Waals surface area contributed by atoms with Crippen LogP contribution in [0.2, 0.25) is 0 Å². The van der Waals surface area contributed by atoms with E-state index in [1.807, 2.05) is 11.3 Å². The summed E-state index contributed by atoms with van der Waals surface area (Å²) in [5.41, 5.74) is 0.432. The van der Waals surface area contributed by atoms with E-state index >= 15 is 0 Å². The molecule has 2 fully saturated rings. The molecule has 2 aliphatic rings. The maximum Gasteiger partial charge on any atom is 0.0332 e. The minimum absolute atomic E-state index is 0.432. The van der Waals surface area contributed by atoms with Gasteiger partial charge in [0.1, 0.15) is 0 Å². The first kappa shape index (κ1) is 14.6. The Balaban J connectivity index is 1.74. The second-order valence-corrected chi connectivity index (χ2v) is 7.84. The highest BCUT2D eigenvalue weighted by molar-refractivity contribution is 7.09. The summed E-state index contributed by atoms with van der Waals surface area (Å²) in [5, 5.41) is 6.14. The van der Waals surface area contributed by atoms with Crippen LogP contribution in [-0.4, -0.2) is 29.6 Å². The molecule has 3 heteroatoms. The SMILES string of the molecule is CCC(C)C1CNC2(CCCC2)CN1Cc1cccs1. The smallest absolute Gasteiger partial charge is 0.0332 e. The molecule has 3 rings (SSSR count). The molecule has 1 N–H and O–H groups in total. The third kappa shape index (κ3) is 2.95. The number of piperazine rings is 1. The molecule has 1 aliphatic carbocycles. The topological polar surface area (TPSA) is 15.3 Å². The third-order valence-electron chi connectivity index (χ3n) is 5.46. The fraction of sp³-hybridized carbons (Fsp3) is 0.765. The van der Waals surface area contributed by atoms with Gasteiger partial charge in [0.15, 0.2) is 0 Å². The number of hydrogen-bond donors (Lipinski definition) is 1. The van der Waals surface area contributed by atoms with Crippen LogP contribution in [0.4, 0.5) is 0 Å². The fourth-order valence-electron chi connectivity index (χ4n) is 4.01. The Morgan fingerprint density at radius 3 is 2.90 bits per heavy atom. The molecule has 1 saturated carbocycles. The zero-order valence-electron chi connectivity index (χ0n) is 12.9. The molecule has 0 amide bonds. The first-order chi connectivity index (χ1) is 9.72. The van der Waals surface area contributed by atoms with Gasteiger partial charge in [0, 0.05) is 36.1 Å². The monoisotopic (exact) mass is 292 g/mol. The zero-order valence-corrected chi connectivity index (χ0v) is 13.7. The van der Waals surface area contributed by atoms with E-state index in [4.69, 9.17) is 0 Å². The summed E-state index contributed by atoms with van der Waals surface area (Å²) < 4.78 is 0. The summed E-state index contributed by atoms with van der Waals surface area (Å²) in [5.74, 6) is 0.779. The quantitative estimate of drug-likeness (QED) is 0.906. The van der Waals surface area contributed by atoms with Crippen LogP contribution in [0, 0.1) is 5.92 Å². The second kappa shape index (κ2) is 6.17. The normalized spacial score (nSPS) is 28.0. The minimum Gasteiger partial charge on any atom is -0.308 e. The van der Waals surface area contributed by atoms with Crippen LogP contribution in [-0.2, 0) is 6.54 Å². The molecule has 0 radical (unpaired) electrons. The molecule has 1 aromatic rings. The van der Waals surface area contributed by atoms with Gasteiger partial charge in [-0.1, -0.05) is 39.2 Å². The van der Waals surface area contributed by atoms with Crippen molar-refractivity contribution < 1.29 is 0 Å². The number of hydrogen-bond acceptors (Lipinski definition) is 3. The van der Waals surface area contributed by atoms with Crippen molar-refractivity contribution in [3.8, 4) is 0 Å². The van der Waals surface area contributed by atoms with Gasteiger partial charge in [-0.3, -0.25) is 4.90 Å². The van der Waals surface area contributed by atoms with E-state index in [2.05, 4.69) is 41.6 Å². The van der Waals surface area contributed by atoms with E-state index in [-0.39, 0.29) is 0 Å². The highest BCUT2D eigenvalue weighted by Gasteiger charge is 2.42. The summed E-state index contributed by atoms with van der Waals surface area (Å²) in [4.78, 5) is 4.30. The van der Waals surface area contributed by atoms with Crippen LogP contribution in [0.5, 0.6) is 0 Å². The third-order valence-corrected chi connectivity index (χ3v) is 6.32. The van der Waals surface area contributed by atoms with Crippen LogP contribution in [0.3, 0.4) is 0 Å². The predicted octanol–water partition coefficient (Wildman–Crippen LogP) is 3.88. The summed E-state index contributed by atoms with van der Waals surface area (Å²) in [7, 11) is 0. The fourth-order valence-corrected chi connectivity index (χ4v) is 4.74. The molecule has 1 aromatic heterocycles. The van der Waals surface area contributed by atoms with Gasteiger partial charge in [0.2, 0.25) is 0 Å². The van der Waals surface area contributed by atoms with Crippen molar-refractivity contribution in [3.05, 3.63) is 22.4 Å². The van der Waals surface area contributed by atoms with Gasteiger partial charge in [-0.05, 0) is 30.2 Å². The van der Waals surface area contributed by atoms with Crippen LogP contribution in [0.15, 0.2) is 17.5 Å². The van der Waals surface area contributed by atoms with Gasteiger partial charge in [0.05, 0.1) is 0 Å². The van der Waals surface area contributed by atoms with Crippen molar-refractivity contribution in [2.75, 3.05) is 13.1 Å². The molecule has 1 spiro atoms. The summed E-state index contributed by atoms with van der Waals surface area (Å²) in [6, 6.07) is 5.18. The number of nitrogens with one attached hydrogen (secondary N) is 1. The maximum absolute atomic E-state index is 3.93. The van der Waals surface area contributed by atoms with Gasteiger partial charge in [-0.15, -0.1) is 11.3 Å². The standard InChI is InChI=1S/C17H28N2S/c1-3-14(2)16-11-18-17(8-4-5-9-17)13-19(16)12-15-7-6-10-20-15/h6-7,10,14,16,18H,3-5,8-9,11-13H2,1-2H3. The minimum atomic E-state index is 0.432. The summed E-state index contributed by atoms with van der Waals surface area (Å²) in [6.45, 7) is 8.32. The van der Waals surface area contributed by atoms with Crippen molar-refractivity contribution in [3.63, 3.8) is 0 Å². The van der Waals surface area contributed by atoms with Crippen LogP contribution in [0.25, 0.3) is 0 Å². The molecule has 0 bridgehead atoms. The second-order valence-electron chi connectivity index (χ2n) is 6.81. The lowest BCUT2D eigenvalue weighted by molar-refractivity contribution is 0.0464. The first-order valence-electron chi connectivity index (χ1n) is 8.24. The highest BCUT2D eigenvalue weighted by atomic mass is 32.1. The predicted molar refractivity (Wildman–Crippen MR) is 87.2 cm³/mol. The largest absolute Gasteiger partial charge is 0.308 e. The molecule has 1 aliphatic heterocycles. The molecular weight excluding hydrogens is 264 g/mol. The van der Waals surface area contributed by atoms with Gasteiger partial charge >= 0.3 is 0 Å². The molecule has 2 unspecified atom stereocenters. The Hall–Kier alpha value is -0.380. The molecule has 2 heterocycles. The molecule has 1 saturated heterocycles. The molecular formula is C17H28N2S. The van der Waals surface area contributed by atoms with Crippen molar-refractivity contribution in [1.29, 1.82) is 0 Å². The van der Waals surface area contributed by atoms with Crippen molar-refractivity contribution in [2.45, 2.75) is 64.1 Å². The van der Waals surface area contributed by atoms with Crippen molar-refractivity contribution in [2.24, 2.45) is 5.92 Å². The van der Waals surface area contributed by atoms with Gasteiger partial charge < -0.3 is 5.32 Å². The van der Waals surface area contributed by atoms with E-state index in [0.29, 0.717) is 11.6 Å². The lowest BCUT2D eigenvalue weighted by atomic mass is 9.87. The van der Waals surface area contributed by atoms with E-state index in [1.54, 1.807) is 0 Å².